The van der Waals surface area contributed by atoms with Crippen LogP contribution in [0, 0.1) is 12.7 Å². The van der Waals surface area contributed by atoms with Crippen LogP contribution in [0.1, 0.15) is 36.0 Å². The highest BCUT2D eigenvalue weighted by Crippen LogP contribution is 2.26. The van der Waals surface area contributed by atoms with Gasteiger partial charge in [-0.15, -0.1) is 11.3 Å². The van der Waals surface area contributed by atoms with Crippen LogP contribution in [0.15, 0.2) is 29.1 Å². The van der Waals surface area contributed by atoms with Crippen LogP contribution in [-0.4, -0.2) is 20.7 Å². The Hall–Kier alpha value is -2.61. The molecular weight excluding hydrogens is 355 g/mol. The van der Waals surface area contributed by atoms with Gasteiger partial charge in [-0.3, -0.25) is 9.59 Å². The van der Waals surface area contributed by atoms with Crippen LogP contribution in [0.3, 0.4) is 0 Å². The predicted molar refractivity (Wildman–Crippen MR) is 98.7 cm³/mol. The predicted octanol–water partition coefficient (Wildman–Crippen LogP) is 2.74. The van der Waals surface area contributed by atoms with Gasteiger partial charge in [0.2, 0.25) is 5.91 Å². The van der Waals surface area contributed by atoms with Gasteiger partial charge in [-0.1, -0.05) is 26.0 Å². The first-order valence-corrected chi connectivity index (χ1v) is 9.06. The molecule has 0 unspecified atom stereocenters. The first-order valence-electron chi connectivity index (χ1n) is 8.24. The Kier molecular flexibility index (Phi) is 5.13. The smallest absolute Gasteiger partial charge is 0.294 e. The van der Waals surface area contributed by atoms with E-state index in [0.717, 1.165) is 14.4 Å². The van der Waals surface area contributed by atoms with Crippen molar-refractivity contribution in [2.24, 2.45) is 0 Å². The maximum Gasteiger partial charge on any atom is 0.294 e. The van der Waals surface area contributed by atoms with Crippen LogP contribution >= 0.6 is 11.3 Å². The summed E-state index contributed by atoms with van der Waals surface area (Å²) in [5.74, 6) is -0.517. The lowest BCUT2D eigenvalue weighted by Crippen LogP contribution is -2.33. The molecule has 8 heteroatoms. The largest absolute Gasteiger partial charge is 0.350 e. The zero-order valence-corrected chi connectivity index (χ0v) is 15.6. The summed E-state index contributed by atoms with van der Waals surface area (Å²) in [5.41, 5.74) is 1.28. The van der Waals surface area contributed by atoms with Gasteiger partial charge >= 0.3 is 0 Å². The number of amides is 1. The van der Waals surface area contributed by atoms with E-state index in [1.807, 2.05) is 13.8 Å². The molecule has 2 heterocycles. The molecule has 1 N–H and O–H groups in total. The number of hydrogen-bond acceptors (Lipinski definition) is 5. The van der Waals surface area contributed by atoms with Crippen molar-refractivity contribution in [1.29, 1.82) is 0 Å². The number of benzene rings is 1. The number of carbonyl (C=O) groups excluding carboxylic acids is 1. The van der Waals surface area contributed by atoms with Crippen LogP contribution in [0.5, 0.6) is 0 Å². The summed E-state index contributed by atoms with van der Waals surface area (Å²) in [5, 5.41) is 7.78. The summed E-state index contributed by atoms with van der Waals surface area (Å²) in [6.45, 7) is 5.79. The highest BCUT2D eigenvalue weighted by molar-refractivity contribution is 7.18. The highest BCUT2D eigenvalue weighted by atomic mass is 32.1. The number of aryl methyl sites for hydroxylation is 1. The fourth-order valence-electron chi connectivity index (χ4n) is 2.51. The molecule has 3 aromatic rings. The number of hydrogen-bond donors (Lipinski definition) is 1. The van der Waals surface area contributed by atoms with Gasteiger partial charge in [0, 0.05) is 12.5 Å². The minimum Gasteiger partial charge on any atom is -0.350 e. The molecule has 0 bridgehead atoms. The first kappa shape index (κ1) is 18.2. The van der Waals surface area contributed by atoms with E-state index in [1.54, 1.807) is 19.1 Å². The van der Waals surface area contributed by atoms with Gasteiger partial charge in [0.15, 0.2) is 5.52 Å². The van der Waals surface area contributed by atoms with Crippen molar-refractivity contribution < 1.29 is 9.18 Å². The number of thiazole rings is 1. The van der Waals surface area contributed by atoms with E-state index in [0.29, 0.717) is 16.8 Å². The van der Waals surface area contributed by atoms with E-state index in [4.69, 9.17) is 0 Å². The minimum atomic E-state index is -0.380. The third-order valence-electron chi connectivity index (χ3n) is 3.85. The maximum absolute atomic E-state index is 13.2. The van der Waals surface area contributed by atoms with Crippen LogP contribution < -0.4 is 10.9 Å². The van der Waals surface area contributed by atoms with Crippen molar-refractivity contribution in [2.45, 2.75) is 39.8 Å². The summed E-state index contributed by atoms with van der Waals surface area (Å²) in [7, 11) is 0. The standard InChI is InChI=1S/C18H19FN4O2S/c1-10(2)17-21-15-16(26-17)11(3)22-23(18(15)25)9-14(24)20-8-12-5-4-6-13(19)7-12/h4-7,10H,8-9H2,1-3H3,(H,20,24). The average Bonchev–Trinajstić information content (AvgIpc) is 3.04. The fraction of sp³-hybridized carbons (Fsp3) is 0.333. The van der Waals surface area contributed by atoms with Crippen molar-refractivity contribution in [3.8, 4) is 0 Å². The SMILES string of the molecule is Cc1nn(CC(=O)NCc2cccc(F)c2)c(=O)c2nc(C(C)C)sc12. The topological polar surface area (TPSA) is 76.9 Å². The third-order valence-corrected chi connectivity index (χ3v) is 5.31. The van der Waals surface area contributed by atoms with Gasteiger partial charge in [0.25, 0.3) is 5.56 Å². The molecule has 0 saturated carbocycles. The summed E-state index contributed by atoms with van der Waals surface area (Å²) < 4.78 is 15.1. The molecule has 0 saturated heterocycles. The van der Waals surface area contributed by atoms with Crippen molar-refractivity contribution in [3.05, 3.63) is 56.7 Å². The zero-order chi connectivity index (χ0) is 18.8. The molecule has 1 aromatic carbocycles. The van der Waals surface area contributed by atoms with Crippen molar-refractivity contribution >= 4 is 27.5 Å². The lowest BCUT2D eigenvalue weighted by molar-refractivity contribution is -0.122. The number of aromatic nitrogens is 3. The maximum atomic E-state index is 13.2. The second kappa shape index (κ2) is 7.33. The molecule has 1 amide bonds. The molecule has 0 spiro atoms. The number of carbonyl (C=O) groups is 1. The molecule has 0 aliphatic carbocycles. The number of nitrogens with zero attached hydrogens (tertiary/aromatic N) is 3. The molecular formula is C18H19FN4O2S. The Balaban J connectivity index is 1.78. The van der Waals surface area contributed by atoms with Crippen LogP contribution in [0.2, 0.25) is 0 Å². The molecule has 26 heavy (non-hydrogen) atoms. The Morgan fingerprint density at radius 3 is 2.85 bits per heavy atom. The molecule has 0 aliphatic heterocycles. The zero-order valence-electron chi connectivity index (χ0n) is 14.7. The molecule has 0 fully saturated rings. The Morgan fingerprint density at radius 1 is 1.38 bits per heavy atom. The number of nitrogens with one attached hydrogen (secondary N) is 1. The monoisotopic (exact) mass is 374 g/mol. The van der Waals surface area contributed by atoms with Crippen molar-refractivity contribution in [3.63, 3.8) is 0 Å². The van der Waals surface area contributed by atoms with E-state index in [2.05, 4.69) is 15.4 Å². The van der Waals surface area contributed by atoms with E-state index in [1.165, 1.54) is 23.5 Å². The lowest BCUT2D eigenvalue weighted by Gasteiger charge is -2.08. The first-order chi connectivity index (χ1) is 12.3. The van der Waals surface area contributed by atoms with Crippen molar-refractivity contribution in [1.82, 2.24) is 20.1 Å². The highest BCUT2D eigenvalue weighted by Gasteiger charge is 2.16. The quantitative estimate of drug-likeness (QED) is 0.745. The Morgan fingerprint density at radius 2 is 2.15 bits per heavy atom. The Labute approximate surface area is 153 Å². The number of halogens is 1. The van der Waals surface area contributed by atoms with Gasteiger partial charge < -0.3 is 5.32 Å². The van der Waals surface area contributed by atoms with Crippen LogP contribution in [0.4, 0.5) is 4.39 Å². The summed E-state index contributed by atoms with van der Waals surface area (Å²) in [4.78, 5) is 29.2. The molecule has 0 aliphatic rings. The summed E-state index contributed by atoms with van der Waals surface area (Å²) in [6.07, 6.45) is 0. The second-order valence-electron chi connectivity index (χ2n) is 6.34. The van der Waals surface area contributed by atoms with Crippen LogP contribution in [-0.2, 0) is 17.9 Å². The van der Waals surface area contributed by atoms with E-state index < -0.39 is 0 Å². The molecule has 3 rings (SSSR count). The van der Waals surface area contributed by atoms with Gasteiger partial charge in [0.05, 0.1) is 15.4 Å². The summed E-state index contributed by atoms with van der Waals surface area (Å²) in [6, 6.07) is 5.98. The molecule has 2 aromatic heterocycles. The minimum absolute atomic E-state index is 0.181. The number of fused-ring (bicyclic) bond motifs is 1. The van der Waals surface area contributed by atoms with E-state index >= 15 is 0 Å². The van der Waals surface area contributed by atoms with E-state index in [9.17, 15) is 14.0 Å². The van der Waals surface area contributed by atoms with Crippen molar-refractivity contribution in [2.75, 3.05) is 0 Å². The van der Waals surface area contributed by atoms with Gasteiger partial charge in [-0.2, -0.15) is 5.10 Å². The van der Waals surface area contributed by atoms with E-state index in [-0.39, 0.29) is 36.3 Å². The fourth-order valence-corrected chi connectivity index (χ4v) is 3.51. The van der Waals surface area contributed by atoms with Gasteiger partial charge in [-0.05, 0) is 24.6 Å². The van der Waals surface area contributed by atoms with Gasteiger partial charge in [-0.25, -0.2) is 14.1 Å². The molecule has 0 atom stereocenters. The molecule has 136 valence electrons. The number of rotatable bonds is 5. The lowest BCUT2D eigenvalue weighted by atomic mass is 10.2. The summed E-state index contributed by atoms with van der Waals surface area (Å²) >= 11 is 1.46. The molecule has 0 radical (unpaired) electrons. The second-order valence-corrected chi connectivity index (χ2v) is 7.37. The van der Waals surface area contributed by atoms with Gasteiger partial charge in [0.1, 0.15) is 12.4 Å². The normalized spacial score (nSPS) is 11.3. The Bertz CT molecular complexity index is 1030. The molecule has 6 nitrogen and oxygen atoms in total. The third kappa shape index (κ3) is 3.80. The van der Waals surface area contributed by atoms with Crippen LogP contribution in [0.25, 0.3) is 10.2 Å². The average molecular weight is 374 g/mol.